The molecule has 0 aliphatic heterocycles. The lowest BCUT2D eigenvalue weighted by atomic mass is 9.87. The van der Waals surface area contributed by atoms with E-state index >= 15 is 0 Å². The molecule has 0 spiro atoms. The summed E-state index contributed by atoms with van der Waals surface area (Å²) in [5.41, 5.74) is -0.0265. The molecule has 0 saturated heterocycles. The van der Waals surface area contributed by atoms with Crippen LogP contribution in [0.3, 0.4) is 0 Å². The Labute approximate surface area is 124 Å². The maximum Gasteiger partial charge on any atom is 0.137 e. The molecular weight excluding hydrogens is 302 g/mol. The second kappa shape index (κ2) is 5.78. The van der Waals surface area contributed by atoms with Crippen molar-refractivity contribution in [2.24, 2.45) is 5.92 Å². The molecule has 1 aliphatic rings. The second-order valence-corrected chi connectivity index (χ2v) is 7.56. The highest BCUT2D eigenvalue weighted by Gasteiger charge is 2.21. The monoisotopic (exact) mass is 325 g/mol. The molecule has 0 amide bonds. The highest BCUT2D eigenvalue weighted by molar-refractivity contribution is 9.10. The van der Waals surface area contributed by atoms with Gasteiger partial charge in [0, 0.05) is 17.5 Å². The fraction of sp³-hybridized carbons (Fsp3) is 0.733. The van der Waals surface area contributed by atoms with E-state index in [9.17, 15) is 0 Å². The van der Waals surface area contributed by atoms with Gasteiger partial charge in [0.15, 0.2) is 0 Å². The number of hydrogen-bond acceptors (Lipinski definition) is 3. The standard InChI is InChI=1S/C15H24BrN3/c1-10-5-7-11(8-6-10)17-13-9-12(16)18-14(19-13)15(2,3)4/h9-11H,5-8H2,1-4H3,(H,17,18,19). The summed E-state index contributed by atoms with van der Waals surface area (Å²) in [5, 5.41) is 3.57. The predicted octanol–water partition coefficient (Wildman–Crippen LogP) is 4.53. The van der Waals surface area contributed by atoms with Gasteiger partial charge in [-0.25, -0.2) is 9.97 Å². The minimum Gasteiger partial charge on any atom is -0.367 e. The van der Waals surface area contributed by atoms with Gasteiger partial charge in [-0.3, -0.25) is 0 Å². The van der Waals surface area contributed by atoms with Crippen molar-refractivity contribution >= 4 is 21.7 Å². The molecule has 1 fully saturated rings. The number of hydrogen-bond donors (Lipinski definition) is 1. The van der Waals surface area contributed by atoms with Crippen LogP contribution in [0.5, 0.6) is 0 Å². The zero-order valence-corrected chi connectivity index (χ0v) is 13.9. The molecule has 0 aromatic carbocycles. The Morgan fingerprint density at radius 1 is 1.16 bits per heavy atom. The van der Waals surface area contributed by atoms with Gasteiger partial charge in [0.25, 0.3) is 0 Å². The molecular formula is C15H24BrN3. The third-order valence-electron chi connectivity index (χ3n) is 3.73. The summed E-state index contributed by atoms with van der Waals surface area (Å²) in [6.07, 6.45) is 5.12. The summed E-state index contributed by atoms with van der Waals surface area (Å²) in [6, 6.07) is 2.54. The maximum absolute atomic E-state index is 4.67. The third kappa shape index (κ3) is 4.16. The van der Waals surface area contributed by atoms with Gasteiger partial charge in [-0.2, -0.15) is 0 Å². The van der Waals surface area contributed by atoms with E-state index in [2.05, 4.69) is 58.9 Å². The van der Waals surface area contributed by atoms with Crippen LogP contribution in [0, 0.1) is 5.92 Å². The van der Waals surface area contributed by atoms with Crippen LogP contribution in [-0.2, 0) is 5.41 Å². The Kier molecular flexibility index (Phi) is 4.49. The first-order valence-electron chi connectivity index (χ1n) is 7.16. The lowest BCUT2D eigenvalue weighted by Gasteiger charge is -2.28. The van der Waals surface area contributed by atoms with Gasteiger partial charge in [0.2, 0.25) is 0 Å². The molecule has 0 radical (unpaired) electrons. The molecule has 19 heavy (non-hydrogen) atoms. The van der Waals surface area contributed by atoms with Crippen LogP contribution in [0.4, 0.5) is 5.82 Å². The Balaban J connectivity index is 2.10. The zero-order chi connectivity index (χ0) is 14.0. The molecule has 2 rings (SSSR count). The minimum absolute atomic E-state index is 0.0265. The smallest absolute Gasteiger partial charge is 0.137 e. The number of nitrogens with one attached hydrogen (secondary N) is 1. The van der Waals surface area contributed by atoms with Crippen molar-refractivity contribution in [3.8, 4) is 0 Å². The third-order valence-corrected chi connectivity index (χ3v) is 4.14. The maximum atomic E-state index is 4.67. The average Bonchev–Trinajstić information content (AvgIpc) is 2.30. The van der Waals surface area contributed by atoms with Gasteiger partial charge in [-0.1, -0.05) is 27.7 Å². The van der Waals surface area contributed by atoms with Gasteiger partial charge < -0.3 is 5.32 Å². The largest absolute Gasteiger partial charge is 0.367 e. The van der Waals surface area contributed by atoms with E-state index in [1.54, 1.807) is 0 Å². The number of rotatable bonds is 2. The minimum atomic E-state index is -0.0265. The van der Waals surface area contributed by atoms with Crippen molar-refractivity contribution < 1.29 is 0 Å². The molecule has 106 valence electrons. The van der Waals surface area contributed by atoms with Gasteiger partial charge >= 0.3 is 0 Å². The highest BCUT2D eigenvalue weighted by atomic mass is 79.9. The van der Waals surface area contributed by atoms with Crippen LogP contribution in [0.15, 0.2) is 10.7 Å². The van der Waals surface area contributed by atoms with E-state index in [1.807, 2.05) is 6.07 Å². The van der Waals surface area contributed by atoms with E-state index in [4.69, 9.17) is 0 Å². The topological polar surface area (TPSA) is 37.8 Å². The molecule has 1 saturated carbocycles. The molecule has 0 bridgehead atoms. The summed E-state index contributed by atoms with van der Waals surface area (Å²) in [6.45, 7) is 8.76. The van der Waals surface area contributed by atoms with Crippen LogP contribution >= 0.6 is 15.9 Å². The van der Waals surface area contributed by atoms with Crippen LogP contribution in [0.1, 0.15) is 59.2 Å². The molecule has 1 aromatic rings. The van der Waals surface area contributed by atoms with Gasteiger partial charge in [-0.15, -0.1) is 0 Å². The molecule has 4 heteroatoms. The summed E-state index contributed by atoms with van der Waals surface area (Å²) >= 11 is 3.49. The molecule has 3 nitrogen and oxygen atoms in total. The van der Waals surface area contributed by atoms with Crippen molar-refractivity contribution in [2.75, 3.05) is 5.32 Å². The Hall–Kier alpha value is -0.640. The van der Waals surface area contributed by atoms with Crippen molar-refractivity contribution in [3.05, 3.63) is 16.5 Å². The number of anilines is 1. The fourth-order valence-corrected chi connectivity index (χ4v) is 2.83. The quantitative estimate of drug-likeness (QED) is 0.812. The van der Waals surface area contributed by atoms with E-state index in [1.165, 1.54) is 25.7 Å². The van der Waals surface area contributed by atoms with E-state index in [0.717, 1.165) is 22.2 Å². The summed E-state index contributed by atoms with van der Waals surface area (Å²) in [5.74, 6) is 2.71. The first kappa shape index (κ1) is 14.8. The van der Waals surface area contributed by atoms with Gasteiger partial charge in [0.1, 0.15) is 16.2 Å². The summed E-state index contributed by atoms with van der Waals surface area (Å²) in [7, 11) is 0. The number of halogens is 1. The molecule has 0 unspecified atom stereocenters. The summed E-state index contributed by atoms with van der Waals surface area (Å²) < 4.78 is 0.860. The molecule has 1 aliphatic carbocycles. The van der Waals surface area contributed by atoms with E-state index < -0.39 is 0 Å². The number of aromatic nitrogens is 2. The van der Waals surface area contributed by atoms with Crippen LogP contribution in [0.2, 0.25) is 0 Å². The first-order chi connectivity index (χ1) is 8.84. The molecule has 1 heterocycles. The highest BCUT2D eigenvalue weighted by Crippen LogP contribution is 2.27. The van der Waals surface area contributed by atoms with Crippen LogP contribution in [-0.4, -0.2) is 16.0 Å². The lowest BCUT2D eigenvalue weighted by Crippen LogP contribution is -2.26. The summed E-state index contributed by atoms with van der Waals surface area (Å²) in [4.78, 5) is 9.14. The Morgan fingerprint density at radius 2 is 1.79 bits per heavy atom. The Bertz CT molecular complexity index is 432. The first-order valence-corrected chi connectivity index (χ1v) is 7.95. The van der Waals surface area contributed by atoms with E-state index in [-0.39, 0.29) is 5.41 Å². The predicted molar refractivity (Wildman–Crippen MR) is 83.5 cm³/mol. The molecule has 0 atom stereocenters. The van der Waals surface area contributed by atoms with Crippen LogP contribution < -0.4 is 5.32 Å². The second-order valence-electron chi connectivity index (χ2n) is 6.75. The zero-order valence-electron chi connectivity index (χ0n) is 12.3. The SMILES string of the molecule is CC1CCC(Nc2cc(Br)nc(C(C)(C)C)n2)CC1. The van der Waals surface area contributed by atoms with Gasteiger partial charge in [0.05, 0.1) is 0 Å². The lowest BCUT2D eigenvalue weighted by molar-refractivity contribution is 0.360. The number of nitrogens with zero attached hydrogens (tertiary/aromatic N) is 2. The van der Waals surface area contributed by atoms with Crippen molar-refractivity contribution in [1.82, 2.24) is 9.97 Å². The van der Waals surface area contributed by atoms with Crippen LogP contribution in [0.25, 0.3) is 0 Å². The molecule has 1 aromatic heterocycles. The van der Waals surface area contributed by atoms with Gasteiger partial charge in [-0.05, 0) is 47.5 Å². The van der Waals surface area contributed by atoms with E-state index in [0.29, 0.717) is 6.04 Å². The Morgan fingerprint density at radius 3 is 2.37 bits per heavy atom. The average molecular weight is 326 g/mol. The van der Waals surface area contributed by atoms with Crippen molar-refractivity contribution in [1.29, 1.82) is 0 Å². The normalized spacial score (nSPS) is 24.3. The van der Waals surface area contributed by atoms with Crippen molar-refractivity contribution in [2.45, 2.75) is 64.8 Å². The van der Waals surface area contributed by atoms with Crippen molar-refractivity contribution in [3.63, 3.8) is 0 Å². The molecule has 1 N–H and O–H groups in total. The fourth-order valence-electron chi connectivity index (χ4n) is 2.44.